The van der Waals surface area contributed by atoms with Gasteiger partial charge >= 0.3 is 0 Å². The number of benzene rings is 10. The molecule has 2 aromatic heterocycles. The summed E-state index contributed by atoms with van der Waals surface area (Å²) in [6.45, 7) is 4.71. The zero-order chi connectivity index (χ0) is 39.7. The van der Waals surface area contributed by atoms with E-state index in [4.69, 9.17) is 8.83 Å². The average Bonchev–Trinajstić information content (AvgIpc) is 3.94. The summed E-state index contributed by atoms with van der Waals surface area (Å²) in [5.74, 6) is 0. The molecule has 282 valence electrons. The zero-order valence-corrected chi connectivity index (χ0v) is 33.2. The zero-order valence-electron chi connectivity index (χ0n) is 33.2. The van der Waals surface area contributed by atoms with Gasteiger partial charge in [0.1, 0.15) is 16.7 Å². The van der Waals surface area contributed by atoms with Crippen LogP contribution in [0.2, 0.25) is 0 Å². The lowest BCUT2D eigenvalue weighted by Gasteiger charge is -2.31. The molecule has 1 aliphatic rings. The van der Waals surface area contributed by atoms with Crippen LogP contribution in [0.15, 0.2) is 197 Å². The highest BCUT2D eigenvalue weighted by atomic mass is 16.3. The van der Waals surface area contributed by atoms with Crippen molar-refractivity contribution in [2.75, 3.05) is 4.90 Å². The molecule has 10 aromatic carbocycles. The van der Waals surface area contributed by atoms with Gasteiger partial charge in [-0.15, -0.1) is 0 Å². The highest BCUT2D eigenvalue weighted by molar-refractivity contribution is 6.30. The smallest absolute Gasteiger partial charge is 0.159 e. The van der Waals surface area contributed by atoms with Crippen molar-refractivity contribution in [2.45, 2.75) is 19.3 Å². The molecule has 60 heavy (non-hydrogen) atoms. The van der Waals surface area contributed by atoms with Gasteiger partial charge in [-0.3, -0.25) is 0 Å². The third-order valence-corrected chi connectivity index (χ3v) is 13.2. The molecule has 1 aliphatic carbocycles. The number of anilines is 3. The summed E-state index contributed by atoms with van der Waals surface area (Å²) < 4.78 is 13.3. The summed E-state index contributed by atoms with van der Waals surface area (Å²) in [5.41, 5.74) is 14.0. The van der Waals surface area contributed by atoms with Crippen LogP contribution in [-0.4, -0.2) is 0 Å². The number of para-hydroxylation sites is 3. The largest absolute Gasteiger partial charge is 0.456 e. The van der Waals surface area contributed by atoms with Gasteiger partial charge < -0.3 is 13.7 Å². The molecule has 0 saturated carbocycles. The van der Waals surface area contributed by atoms with Crippen LogP contribution in [0.4, 0.5) is 17.1 Å². The molecule has 0 amide bonds. The van der Waals surface area contributed by atoms with Crippen LogP contribution < -0.4 is 4.90 Å². The Labute approximate surface area is 346 Å². The van der Waals surface area contributed by atoms with Gasteiger partial charge in [-0.25, -0.2) is 0 Å². The first kappa shape index (κ1) is 33.4. The number of hydrogen-bond donors (Lipinski definition) is 0. The highest BCUT2D eigenvalue weighted by Crippen LogP contribution is 2.54. The first-order chi connectivity index (χ1) is 29.5. The van der Waals surface area contributed by atoms with E-state index in [1.807, 2.05) is 6.07 Å². The normalized spacial score (nSPS) is 13.3. The molecule has 0 saturated heterocycles. The van der Waals surface area contributed by atoms with Crippen LogP contribution >= 0.6 is 0 Å². The SMILES string of the molecule is CC1(C)c2ccccc2-c2ccc(N(c3ccc4c5ccccc5c5ccccc5c4c3-c3ccc4oc5ccccc5c4c3)c3cccc4c3oc3ccccc34)cc21. The standard InChI is InChI=1S/C57H37NO2/c1-57(2)47-22-10-7-17-39(47)40-28-27-35(33-48(40)57)58(50-23-13-21-45-41-18-8-12-25-52(41)60-56(45)50)49-30-29-44-38-16-4-3-14-36(38)37-15-5-6-20-43(37)55(44)54(49)34-26-31-53-46(32-34)42-19-9-11-24-51(42)59-53/h3-33H,1-2H3. The number of furan rings is 2. The fraction of sp³-hybridized carbons (Fsp3) is 0.0526. The second kappa shape index (κ2) is 12.2. The lowest BCUT2D eigenvalue weighted by atomic mass is 9.82. The molecular formula is C57H37NO2. The molecule has 0 atom stereocenters. The van der Waals surface area contributed by atoms with E-state index < -0.39 is 0 Å². The van der Waals surface area contributed by atoms with E-state index in [1.54, 1.807) is 0 Å². The van der Waals surface area contributed by atoms with Crippen LogP contribution in [0.5, 0.6) is 0 Å². The predicted molar refractivity (Wildman–Crippen MR) is 251 cm³/mol. The molecule has 3 nitrogen and oxygen atoms in total. The Bertz CT molecular complexity index is 3730. The Kier molecular flexibility index (Phi) is 6.78. The molecule has 0 N–H and O–H groups in total. The molecule has 12 aromatic rings. The van der Waals surface area contributed by atoms with Crippen LogP contribution in [0.25, 0.3) is 98.4 Å². The maximum Gasteiger partial charge on any atom is 0.159 e. The lowest BCUT2D eigenvalue weighted by molar-refractivity contribution is 0.660. The number of nitrogens with zero attached hydrogens (tertiary/aromatic N) is 1. The minimum Gasteiger partial charge on any atom is -0.456 e. The first-order valence-electron chi connectivity index (χ1n) is 20.8. The Hall–Kier alpha value is -7.62. The molecule has 2 heterocycles. The van der Waals surface area contributed by atoms with Gasteiger partial charge in [-0.1, -0.05) is 153 Å². The second-order valence-electron chi connectivity index (χ2n) is 16.8. The summed E-state index contributed by atoms with van der Waals surface area (Å²) in [6.07, 6.45) is 0. The highest BCUT2D eigenvalue weighted by Gasteiger charge is 2.36. The minimum absolute atomic E-state index is 0.187. The molecule has 0 fully saturated rings. The van der Waals surface area contributed by atoms with Crippen molar-refractivity contribution in [3.8, 4) is 22.3 Å². The Balaban J connectivity index is 1.20. The van der Waals surface area contributed by atoms with E-state index in [2.05, 4.69) is 201 Å². The molecule has 0 spiro atoms. The summed E-state index contributed by atoms with van der Waals surface area (Å²) in [7, 11) is 0. The van der Waals surface area contributed by atoms with Gasteiger partial charge in [0.15, 0.2) is 5.58 Å². The van der Waals surface area contributed by atoms with Crippen LogP contribution in [-0.2, 0) is 5.41 Å². The first-order valence-corrected chi connectivity index (χ1v) is 20.8. The van der Waals surface area contributed by atoms with Crippen molar-refractivity contribution in [3.05, 3.63) is 199 Å². The fourth-order valence-electron chi connectivity index (χ4n) is 10.5. The topological polar surface area (TPSA) is 29.5 Å². The van der Waals surface area contributed by atoms with Crippen LogP contribution in [0.1, 0.15) is 25.0 Å². The molecule has 0 aliphatic heterocycles. The van der Waals surface area contributed by atoms with Gasteiger partial charge in [0.05, 0.1) is 11.4 Å². The quantitative estimate of drug-likeness (QED) is 0.167. The molecule has 3 heteroatoms. The van der Waals surface area contributed by atoms with E-state index in [0.29, 0.717) is 0 Å². The predicted octanol–water partition coefficient (Wildman–Crippen LogP) is 16.4. The van der Waals surface area contributed by atoms with Gasteiger partial charge in [0.2, 0.25) is 0 Å². The monoisotopic (exact) mass is 767 g/mol. The van der Waals surface area contributed by atoms with Crippen molar-refractivity contribution in [3.63, 3.8) is 0 Å². The van der Waals surface area contributed by atoms with Gasteiger partial charge in [-0.2, -0.15) is 0 Å². The van der Waals surface area contributed by atoms with Crippen molar-refractivity contribution in [2.24, 2.45) is 0 Å². The average molecular weight is 768 g/mol. The van der Waals surface area contributed by atoms with E-state index in [1.165, 1.54) is 54.6 Å². The minimum atomic E-state index is -0.187. The third-order valence-electron chi connectivity index (χ3n) is 13.2. The van der Waals surface area contributed by atoms with E-state index in [-0.39, 0.29) is 5.41 Å². The fourth-order valence-corrected chi connectivity index (χ4v) is 10.5. The number of hydrogen-bond acceptors (Lipinski definition) is 3. The Morgan fingerprint density at radius 1 is 0.383 bits per heavy atom. The van der Waals surface area contributed by atoms with Crippen molar-refractivity contribution < 1.29 is 8.83 Å². The summed E-state index contributed by atoms with van der Waals surface area (Å²) >= 11 is 0. The van der Waals surface area contributed by atoms with Gasteiger partial charge in [0.25, 0.3) is 0 Å². The molecular weight excluding hydrogens is 731 g/mol. The van der Waals surface area contributed by atoms with Crippen LogP contribution in [0.3, 0.4) is 0 Å². The lowest BCUT2D eigenvalue weighted by Crippen LogP contribution is -2.17. The summed E-state index contributed by atoms with van der Waals surface area (Å²) in [5, 5.41) is 11.8. The van der Waals surface area contributed by atoms with E-state index in [0.717, 1.165) is 72.1 Å². The van der Waals surface area contributed by atoms with Gasteiger partial charge in [-0.05, 0) is 103 Å². The van der Waals surface area contributed by atoms with Crippen LogP contribution in [0, 0.1) is 0 Å². The van der Waals surface area contributed by atoms with E-state index in [9.17, 15) is 0 Å². The van der Waals surface area contributed by atoms with Crippen molar-refractivity contribution in [1.29, 1.82) is 0 Å². The van der Waals surface area contributed by atoms with E-state index >= 15 is 0 Å². The maximum absolute atomic E-state index is 6.89. The maximum atomic E-state index is 6.89. The van der Waals surface area contributed by atoms with Crippen molar-refractivity contribution in [1.82, 2.24) is 0 Å². The summed E-state index contributed by atoms with van der Waals surface area (Å²) in [6, 6.07) is 68.4. The molecule has 13 rings (SSSR count). The number of fused-ring (bicyclic) bond motifs is 15. The summed E-state index contributed by atoms with van der Waals surface area (Å²) in [4.78, 5) is 2.46. The third kappa shape index (κ3) is 4.55. The Morgan fingerprint density at radius 2 is 0.967 bits per heavy atom. The second-order valence-corrected chi connectivity index (χ2v) is 16.8. The van der Waals surface area contributed by atoms with Crippen molar-refractivity contribution >= 4 is 93.3 Å². The molecule has 0 unspecified atom stereocenters. The number of rotatable bonds is 4. The molecule has 0 radical (unpaired) electrons. The van der Waals surface area contributed by atoms with Gasteiger partial charge in [0, 0.05) is 43.6 Å². The molecule has 0 bridgehead atoms. The Morgan fingerprint density at radius 3 is 1.75 bits per heavy atom.